The van der Waals surface area contributed by atoms with E-state index in [1.54, 1.807) is 0 Å². The van der Waals surface area contributed by atoms with Crippen LogP contribution in [-0.2, 0) is 21.7 Å². The highest BCUT2D eigenvalue weighted by atomic mass is 79.9. The minimum Gasteiger partial charge on any atom is -0.441 e. The molecule has 6 heteroatoms. The van der Waals surface area contributed by atoms with Gasteiger partial charge in [0.2, 0.25) is 5.89 Å². The van der Waals surface area contributed by atoms with Crippen molar-refractivity contribution in [3.63, 3.8) is 0 Å². The molecule has 0 aliphatic carbocycles. The number of halogens is 1. The number of oxazole rings is 1. The lowest BCUT2D eigenvalue weighted by molar-refractivity contribution is 0.349. The summed E-state index contributed by atoms with van der Waals surface area (Å²) in [5.41, 5.74) is 2.86. The van der Waals surface area contributed by atoms with E-state index in [9.17, 15) is 4.21 Å². The lowest BCUT2D eigenvalue weighted by Crippen LogP contribution is -2.03. The summed E-state index contributed by atoms with van der Waals surface area (Å²) in [5, 5.41) is 0. The van der Waals surface area contributed by atoms with Gasteiger partial charge in [0.15, 0.2) is 11.1 Å². The first-order valence-electron chi connectivity index (χ1n) is 7.87. The van der Waals surface area contributed by atoms with Crippen molar-refractivity contribution in [3.05, 3.63) is 70.0 Å². The van der Waals surface area contributed by atoms with Crippen molar-refractivity contribution in [1.29, 1.82) is 0 Å². The monoisotopic (exact) mass is 419 g/mol. The van der Waals surface area contributed by atoms with Gasteiger partial charge in [-0.25, -0.2) is 9.19 Å². The van der Waals surface area contributed by atoms with Gasteiger partial charge < -0.3 is 4.42 Å². The van der Waals surface area contributed by atoms with E-state index < -0.39 is 11.1 Å². The van der Waals surface area contributed by atoms with Crippen LogP contribution >= 0.6 is 15.9 Å². The molecule has 1 aromatic heterocycles. The van der Waals surface area contributed by atoms with Crippen molar-refractivity contribution in [3.8, 4) is 11.5 Å². The fourth-order valence-corrected chi connectivity index (χ4v) is 3.30. The average Bonchev–Trinajstić information content (AvgIpc) is 2.97. The fraction of sp³-hybridized carbons (Fsp3) is 0.211. The third-order valence-corrected chi connectivity index (χ3v) is 5.29. The summed E-state index contributed by atoms with van der Waals surface area (Å²) >= 11 is 1.94. The Bertz CT molecular complexity index is 873. The van der Waals surface area contributed by atoms with Crippen molar-refractivity contribution >= 4 is 27.0 Å². The van der Waals surface area contributed by atoms with Crippen LogP contribution in [0, 0.1) is 13.8 Å². The normalized spacial score (nSPS) is 12.3. The summed E-state index contributed by atoms with van der Waals surface area (Å²) in [7, 11) is 0. The van der Waals surface area contributed by atoms with Gasteiger partial charge in [0, 0.05) is 16.5 Å². The zero-order valence-corrected chi connectivity index (χ0v) is 16.4. The molecule has 130 valence electrons. The topological polar surface area (TPSA) is 52.3 Å². The van der Waals surface area contributed by atoms with E-state index >= 15 is 0 Å². The minimum absolute atomic E-state index is 0.313. The third kappa shape index (κ3) is 4.66. The molecule has 4 nitrogen and oxygen atoms in total. The molecule has 0 N–H and O–H groups in total. The number of hydrogen-bond acceptors (Lipinski definition) is 4. The third-order valence-electron chi connectivity index (χ3n) is 3.73. The second kappa shape index (κ2) is 8.08. The van der Waals surface area contributed by atoms with E-state index in [1.807, 2.05) is 62.4 Å². The molecule has 2 aromatic carbocycles. The fourth-order valence-electron chi connectivity index (χ4n) is 2.31. The molecule has 0 fully saturated rings. The number of rotatable bonds is 6. The molecule has 0 saturated heterocycles. The predicted molar refractivity (Wildman–Crippen MR) is 102 cm³/mol. The molecule has 1 unspecified atom stereocenters. The maximum Gasteiger partial charge on any atom is 0.226 e. The summed E-state index contributed by atoms with van der Waals surface area (Å²) in [4.78, 5) is 5.19. The second-order valence-electron chi connectivity index (χ2n) is 5.65. The number of aromatic nitrogens is 1. The van der Waals surface area contributed by atoms with Crippen LogP contribution in [0.3, 0.4) is 0 Å². The molecule has 25 heavy (non-hydrogen) atoms. The van der Waals surface area contributed by atoms with E-state index in [0.717, 1.165) is 27.1 Å². The van der Waals surface area contributed by atoms with E-state index in [4.69, 9.17) is 8.60 Å². The standard InChI is InChI=1S/C19H18BrNO3S/c1-13-3-9-17(10-4-13)25(22)23-12-11-18-14(2)24-19(21-18)15-5-7-16(20)8-6-15/h3-10H,11-12H2,1-2H3. The smallest absolute Gasteiger partial charge is 0.226 e. The van der Waals surface area contributed by atoms with Gasteiger partial charge in [-0.1, -0.05) is 33.6 Å². The van der Waals surface area contributed by atoms with Gasteiger partial charge in [-0.05, 0) is 50.2 Å². The van der Waals surface area contributed by atoms with Crippen LogP contribution < -0.4 is 0 Å². The number of benzene rings is 2. The summed E-state index contributed by atoms with van der Waals surface area (Å²) in [5.74, 6) is 1.34. The Labute approximate surface area is 158 Å². The highest BCUT2D eigenvalue weighted by Crippen LogP contribution is 2.24. The van der Waals surface area contributed by atoms with Crippen molar-refractivity contribution in [2.24, 2.45) is 0 Å². The molecule has 0 spiro atoms. The highest BCUT2D eigenvalue weighted by molar-refractivity contribution is 9.10. The van der Waals surface area contributed by atoms with Crippen molar-refractivity contribution < 1.29 is 12.8 Å². The van der Waals surface area contributed by atoms with Gasteiger partial charge in [0.05, 0.1) is 17.2 Å². The van der Waals surface area contributed by atoms with Gasteiger partial charge in [-0.15, -0.1) is 0 Å². The first-order chi connectivity index (χ1) is 12.0. The van der Waals surface area contributed by atoms with E-state index in [-0.39, 0.29) is 0 Å². The lowest BCUT2D eigenvalue weighted by atomic mass is 10.2. The van der Waals surface area contributed by atoms with Crippen molar-refractivity contribution in [2.45, 2.75) is 25.2 Å². The molecule has 3 rings (SSSR count). The van der Waals surface area contributed by atoms with Crippen molar-refractivity contribution in [2.75, 3.05) is 6.61 Å². The van der Waals surface area contributed by atoms with Crippen LogP contribution in [0.15, 0.2) is 62.3 Å². The second-order valence-corrected chi connectivity index (χ2v) is 7.74. The van der Waals surface area contributed by atoms with Crippen LogP contribution in [0.5, 0.6) is 0 Å². The Balaban J connectivity index is 1.61. The molecular weight excluding hydrogens is 402 g/mol. The summed E-state index contributed by atoms with van der Waals surface area (Å²) in [6.07, 6.45) is 0.545. The molecule has 1 heterocycles. The molecular formula is C19H18BrNO3S. The Kier molecular flexibility index (Phi) is 5.83. The first kappa shape index (κ1) is 18.0. The van der Waals surface area contributed by atoms with E-state index in [2.05, 4.69) is 20.9 Å². The van der Waals surface area contributed by atoms with Crippen LogP contribution in [0.2, 0.25) is 0 Å². The molecule has 0 aliphatic rings. The van der Waals surface area contributed by atoms with Gasteiger partial charge in [-0.3, -0.25) is 4.18 Å². The van der Waals surface area contributed by atoms with Crippen LogP contribution in [0.1, 0.15) is 17.0 Å². The highest BCUT2D eigenvalue weighted by Gasteiger charge is 2.12. The Morgan fingerprint density at radius 2 is 1.76 bits per heavy atom. The molecule has 0 aliphatic heterocycles. The van der Waals surface area contributed by atoms with E-state index in [1.165, 1.54) is 0 Å². The summed E-state index contributed by atoms with van der Waals surface area (Å²) in [6, 6.07) is 15.3. The summed E-state index contributed by atoms with van der Waals surface area (Å²) < 4.78 is 24.3. The molecule has 0 radical (unpaired) electrons. The maximum absolute atomic E-state index is 12.1. The zero-order chi connectivity index (χ0) is 17.8. The average molecular weight is 420 g/mol. The number of aryl methyl sites for hydroxylation is 2. The SMILES string of the molecule is Cc1ccc(S(=O)OCCc2nc(-c3ccc(Br)cc3)oc2C)cc1. The molecule has 0 amide bonds. The Morgan fingerprint density at radius 3 is 2.44 bits per heavy atom. The minimum atomic E-state index is -1.47. The van der Waals surface area contributed by atoms with Crippen molar-refractivity contribution in [1.82, 2.24) is 4.98 Å². The number of hydrogen-bond donors (Lipinski definition) is 0. The molecule has 0 saturated carbocycles. The number of nitrogens with zero attached hydrogens (tertiary/aromatic N) is 1. The Hall–Kier alpha value is -1.76. The molecule has 1 atom stereocenters. The van der Waals surface area contributed by atoms with E-state index in [0.29, 0.717) is 23.8 Å². The molecule has 3 aromatic rings. The van der Waals surface area contributed by atoms with Gasteiger partial charge >= 0.3 is 0 Å². The van der Waals surface area contributed by atoms with Gasteiger partial charge in [-0.2, -0.15) is 0 Å². The largest absolute Gasteiger partial charge is 0.441 e. The predicted octanol–water partition coefficient (Wildman–Crippen LogP) is 5.00. The van der Waals surface area contributed by atoms with Crippen LogP contribution in [-0.4, -0.2) is 15.8 Å². The van der Waals surface area contributed by atoms with Crippen LogP contribution in [0.4, 0.5) is 0 Å². The van der Waals surface area contributed by atoms with Gasteiger partial charge in [0.25, 0.3) is 0 Å². The van der Waals surface area contributed by atoms with Crippen LogP contribution in [0.25, 0.3) is 11.5 Å². The Morgan fingerprint density at radius 1 is 1.08 bits per heavy atom. The molecule has 0 bridgehead atoms. The maximum atomic E-state index is 12.1. The summed E-state index contributed by atoms with van der Waals surface area (Å²) in [6.45, 7) is 4.18. The first-order valence-corrected chi connectivity index (χ1v) is 9.73. The van der Waals surface area contributed by atoms with Gasteiger partial charge in [0.1, 0.15) is 5.76 Å². The quantitative estimate of drug-likeness (QED) is 0.563. The lowest BCUT2D eigenvalue weighted by Gasteiger charge is -2.03. The zero-order valence-electron chi connectivity index (χ0n) is 14.0.